The highest BCUT2D eigenvalue weighted by Crippen LogP contribution is 2.51. The second-order valence-corrected chi connectivity index (χ2v) is 23.1. The zero-order valence-corrected chi connectivity index (χ0v) is 46.3. The lowest BCUT2D eigenvalue weighted by Crippen LogP contribution is -2.16. The summed E-state index contributed by atoms with van der Waals surface area (Å²) >= 11 is 1.80. The molecular weight excluding hydrogens is 1050 g/mol. The molecule has 0 spiro atoms. The van der Waals surface area contributed by atoms with Crippen LogP contribution < -0.4 is 0 Å². The molecule has 0 fully saturated rings. The molecule has 5 aromatic heterocycles. The third-order valence-electron chi connectivity index (χ3n) is 17.8. The van der Waals surface area contributed by atoms with E-state index in [2.05, 4.69) is 297 Å². The van der Waals surface area contributed by atoms with E-state index in [9.17, 15) is 10.5 Å². The van der Waals surface area contributed by atoms with E-state index in [1.54, 1.807) is 11.3 Å². The second kappa shape index (κ2) is 18.0. The van der Waals surface area contributed by atoms with Crippen molar-refractivity contribution < 1.29 is 0 Å². The molecule has 0 aliphatic rings. The van der Waals surface area contributed by atoms with E-state index in [1.807, 2.05) is 0 Å². The van der Waals surface area contributed by atoms with Gasteiger partial charge in [-0.1, -0.05) is 212 Å². The SMILES string of the molecule is N#Cc1c(-n2c3ccccc3c3ccccc32)c(-n2c3ccccc3c3ccccc32)c(C#N)c(-n2c3cc(-c4c(-c5ccccc5)ccc5ccccc45)ccc3c3c4sc5ccccc5c4ccc32)c1-n1c2ccccc2c2ccccc21. The van der Waals surface area contributed by atoms with Crippen LogP contribution in [0.3, 0.4) is 0 Å². The lowest BCUT2D eigenvalue weighted by Gasteiger charge is -2.27. The molecule has 0 saturated carbocycles. The maximum absolute atomic E-state index is 13.1. The fourth-order valence-corrected chi connectivity index (χ4v) is 15.7. The molecule has 18 rings (SSSR count). The van der Waals surface area contributed by atoms with Crippen LogP contribution in [-0.2, 0) is 0 Å². The van der Waals surface area contributed by atoms with E-state index in [-0.39, 0.29) is 0 Å². The topological polar surface area (TPSA) is 67.3 Å². The molecule has 0 atom stereocenters. The zero-order chi connectivity index (χ0) is 56.0. The van der Waals surface area contributed by atoms with E-state index in [0.29, 0.717) is 33.9 Å². The van der Waals surface area contributed by atoms with Gasteiger partial charge in [0.1, 0.15) is 23.3 Å². The van der Waals surface area contributed by atoms with E-state index < -0.39 is 0 Å². The van der Waals surface area contributed by atoms with Crippen LogP contribution in [0.1, 0.15) is 11.1 Å². The number of thiophene rings is 1. The normalized spacial score (nSPS) is 12.0. The van der Waals surface area contributed by atoms with Gasteiger partial charge in [-0.25, -0.2) is 0 Å². The number of nitrogens with zero attached hydrogens (tertiary/aromatic N) is 6. The van der Waals surface area contributed by atoms with Crippen molar-refractivity contribution in [3.63, 3.8) is 0 Å². The Labute approximate surface area is 490 Å². The number of hydrogen-bond acceptors (Lipinski definition) is 3. The first-order valence-corrected chi connectivity index (χ1v) is 29.4. The molecule has 0 N–H and O–H groups in total. The van der Waals surface area contributed by atoms with Crippen molar-refractivity contribution in [1.29, 1.82) is 10.5 Å². The molecule has 5 heterocycles. The fraction of sp³-hybridized carbons (Fsp3) is 0. The molecule has 392 valence electrons. The summed E-state index contributed by atoms with van der Waals surface area (Å²) in [6, 6.07) is 101. The Balaban J connectivity index is 1.13. The highest BCUT2D eigenvalue weighted by molar-refractivity contribution is 7.26. The maximum atomic E-state index is 13.1. The van der Waals surface area contributed by atoms with Crippen molar-refractivity contribution in [1.82, 2.24) is 18.3 Å². The largest absolute Gasteiger partial charge is 0.306 e. The van der Waals surface area contributed by atoms with E-state index in [4.69, 9.17) is 0 Å². The molecule has 0 bridgehead atoms. The summed E-state index contributed by atoms with van der Waals surface area (Å²) in [5.74, 6) is 0. The summed E-state index contributed by atoms with van der Waals surface area (Å²) < 4.78 is 11.5. The van der Waals surface area contributed by atoms with Gasteiger partial charge >= 0.3 is 0 Å². The van der Waals surface area contributed by atoms with E-state index in [1.165, 1.54) is 15.5 Å². The molecule has 18 aromatic rings. The lowest BCUT2D eigenvalue weighted by atomic mass is 9.89. The standard InChI is InChI=1S/C78H44N6S/c79-45-61-74(81-63-31-13-6-24-52(63)53-25-7-14-32-64(53)81)75(82-65-33-15-8-26-54(65)55-27-9-16-34-66(55)82)62(46-80)77(76(61)83-67-35-17-10-28-56(67)57-29-11-18-36-68(57)83)84-69-43-42-59-58-30-12-19-37-71(58)85-78(59)73(69)60-41-39-49(44-70(60)84)72-50-23-5-4-22-48(50)38-40-51(72)47-20-2-1-3-21-47/h1-44H. The molecule has 0 amide bonds. The molecule has 0 aliphatic carbocycles. The van der Waals surface area contributed by atoms with Crippen LogP contribution in [0.2, 0.25) is 0 Å². The van der Waals surface area contributed by atoms with Gasteiger partial charge in [0.25, 0.3) is 0 Å². The van der Waals surface area contributed by atoms with Crippen LogP contribution in [0.5, 0.6) is 0 Å². The molecule has 0 saturated heterocycles. The van der Waals surface area contributed by atoms with Gasteiger partial charge in [-0.2, -0.15) is 10.5 Å². The summed E-state index contributed by atoms with van der Waals surface area (Å²) in [5, 5.41) is 39.0. The lowest BCUT2D eigenvalue weighted by molar-refractivity contribution is 1.02. The monoisotopic (exact) mass is 1100 g/mol. The number of para-hydroxylation sites is 6. The highest BCUT2D eigenvalue weighted by atomic mass is 32.1. The third kappa shape index (κ3) is 6.50. The van der Waals surface area contributed by atoms with Crippen LogP contribution in [0, 0.1) is 22.7 Å². The minimum absolute atomic E-state index is 0.412. The van der Waals surface area contributed by atoms with Crippen molar-refractivity contribution in [3.8, 4) is 57.1 Å². The molecular formula is C78H44N6S. The van der Waals surface area contributed by atoms with Crippen LogP contribution in [0.25, 0.3) is 163 Å². The first-order chi connectivity index (χ1) is 42.2. The maximum Gasteiger partial charge on any atom is 0.104 e. The van der Waals surface area contributed by atoms with Gasteiger partial charge in [0.2, 0.25) is 0 Å². The quantitative estimate of drug-likeness (QED) is 0.166. The molecule has 6 nitrogen and oxygen atoms in total. The number of nitriles is 2. The van der Waals surface area contributed by atoms with Crippen molar-refractivity contribution in [2.75, 3.05) is 0 Å². The summed E-state index contributed by atoms with van der Waals surface area (Å²) in [6.45, 7) is 0. The highest BCUT2D eigenvalue weighted by Gasteiger charge is 2.35. The van der Waals surface area contributed by atoms with Crippen LogP contribution >= 0.6 is 11.3 Å². The van der Waals surface area contributed by atoms with Crippen LogP contribution in [0.4, 0.5) is 0 Å². The smallest absolute Gasteiger partial charge is 0.104 e. The minimum Gasteiger partial charge on any atom is -0.306 e. The zero-order valence-electron chi connectivity index (χ0n) is 45.5. The second-order valence-electron chi connectivity index (χ2n) is 22.1. The Morgan fingerprint density at radius 1 is 0.282 bits per heavy atom. The first-order valence-electron chi connectivity index (χ1n) is 28.6. The molecule has 7 heteroatoms. The van der Waals surface area contributed by atoms with Gasteiger partial charge in [-0.3, -0.25) is 0 Å². The number of aromatic nitrogens is 4. The molecule has 0 radical (unpaired) electrons. The predicted octanol–water partition coefficient (Wildman–Crippen LogP) is 20.7. The van der Waals surface area contributed by atoms with Crippen LogP contribution in [-0.4, -0.2) is 18.3 Å². The van der Waals surface area contributed by atoms with Gasteiger partial charge in [-0.05, 0) is 87.6 Å². The van der Waals surface area contributed by atoms with E-state index in [0.717, 1.165) is 125 Å². The van der Waals surface area contributed by atoms with Crippen molar-refractivity contribution >= 4 is 130 Å². The summed E-state index contributed by atoms with van der Waals surface area (Å²) in [6.07, 6.45) is 0. The fourth-order valence-electron chi connectivity index (χ4n) is 14.4. The molecule has 85 heavy (non-hydrogen) atoms. The number of hydrogen-bond donors (Lipinski definition) is 0. The Morgan fingerprint density at radius 2 is 0.682 bits per heavy atom. The number of rotatable bonds is 6. The average Bonchev–Trinajstić information content (AvgIpc) is 1.80. The van der Waals surface area contributed by atoms with Crippen molar-refractivity contribution in [2.45, 2.75) is 0 Å². The third-order valence-corrected chi connectivity index (χ3v) is 19.0. The molecule has 13 aromatic carbocycles. The van der Waals surface area contributed by atoms with Gasteiger partial charge in [0, 0.05) is 63.3 Å². The number of fused-ring (bicyclic) bond motifs is 17. The average molecular weight is 1100 g/mol. The van der Waals surface area contributed by atoms with Gasteiger partial charge < -0.3 is 18.3 Å². The van der Waals surface area contributed by atoms with Crippen LogP contribution in [0.15, 0.2) is 267 Å². The predicted molar refractivity (Wildman–Crippen MR) is 354 cm³/mol. The minimum atomic E-state index is 0.412. The summed E-state index contributed by atoms with van der Waals surface area (Å²) in [5.41, 5.74) is 15.0. The molecule has 0 aliphatic heterocycles. The Bertz CT molecular complexity index is 5850. The Morgan fingerprint density at radius 3 is 1.16 bits per heavy atom. The summed E-state index contributed by atoms with van der Waals surface area (Å²) in [4.78, 5) is 0. The molecule has 0 unspecified atom stereocenters. The summed E-state index contributed by atoms with van der Waals surface area (Å²) in [7, 11) is 0. The van der Waals surface area contributed by atoms with Crippen molar-refractivity contribution in [2.24, 2.45) is 0 Å². The number of benzene rings is 13. The van der Waals surface area contributed by atoms with E-state index >= 15 is 0 Å². The Hall–Kier alpha value is -11.5. The van der Waals surface area contributed by atoms with Gasteiger partial charge in [0.15, 0.2) is 0 Å². The first kappa shape index (κ1) is 47.2. The van der Waals surface area contributed by atoms with Gasteiger partial charge in [-0.15, -0.1) is 11.3 Å². The Kier molecular flexibility index (Phi) is 10.00. The van der Waals surface area contributed by atoms with Gasteiger partial charge in [0.05, 0.1) is 66.9 Å². The van der Waals surface area contributed by atoms with Crippen molar-refractivity contribution in [3.05, 3.63) is 278 Å².